The molecule has 1 heterocycles. The summed E-state index contributed by atoms with van der Waals surface area (Å²) in [7, 11) is 3.87. The van der Waals surface area contributed by atoms with Crippen molar-refractivity contribution >= 4 is 0 Å². The number of benzene rings is 1. The predicted molar refractivity (Wildman–Crippen MR) is 95.2 cm³/mol. The van der Waals surface area contributed by atoms with Gasteiger partial charge in [0.05, 0.1) is 13.2 Å². The van der Waals surface area contributed by atoms with E-state index in [0.717, 1.165) is 56.0 Å². The standard InChI is InChI=1S/C19H32N2O2/c1-19(2,3)16-14-15(6-7-18(16)23-5)17(22)8-9-21-12-10-20(4)11-13-21/h6-7,14,17,22H,8-13H2,1-5H3. The van der Waals surface area contributed by atoms with Gasteiger partial charge in [-0.05, 0) is 42.1 Å². The van der Waals surface area contributed by atoms with Gasteiger partial charge in [-0.15, -0.1) is 0 Å². The van der Waals surface area contributed by atoms with E-state index in [1.165, 1.54) is 0 Å². The Balaban J connectivity index is 2.00. The van der Waals surface area contributed by atoms with Crippen molar-refractivity contribution in [1.82, 2.24) is 9.80 Å². The van der Waals surface area contributed by atoms with Gasteiger partial charge in [0.25, 0.3) is 0 Å². The van der Waals surface area contributed by atoms with Crippen LogP contribution in [-0.4, -0.2) is 61.8 Å². The van der Waals surface area contributed by atoms with Gasteiger partial charge in [0.1, 0.15) is 5.75 Å². The first-order chi connectivity index (χ1) is 10.8. The van der Waals surface area contributed by atoms with Crippen molar-refractivity contribution in [2.45, 2.75) is 38.7 Å². The molecule has 0 aliphatic carbocycles. The summed E-state index contributed by atoms with van der Waals surface area (Å²) in [5.41, 5.74) is 2.14. The van der Waals surface area contributed by atoms with Crippen molar-refractivity contribution < 1.29 is 9.84 Å². The maximum absolute atomic E-state index is 10.6. The predicted octanol–water partition coefficient (Wildman–Crippen LogP) is 2.66. The molecule has 23 heavy (non-hydrogen) atoms. The minimum absolute atomic E-state index is 0.00146. The minimum atomic E-state index is -0.415. The van der Waals surface area contributed by atoms with Gasteiger partial charge in [0.15, 0.2) is 0 Å². The summed E-state index contributed by atoms with van der Waals surface area (Å²) >= 11 is 0. The molecule has 4 heteroatoms. The van der Waals surface area contributed by atoms with Crippen molar-refractivity contribution in [3.05, 3.63) is 29.3 Å². The Morgan fingerprint density at radius 2 is 1.83 bits per heavy atom. The number of hydrogen-bond donors (Lipinski definition) is 1. The van der Waals surface area contributed by atoms with Crippen LogP contribution in [0.15, 0.2) is 18.2 Å². The molecular formula is C19H32N2O2. The van der Waals surface area contributed by atoms with Crippen LogP contribution in [0.1, 0.15) is 44.4 Å². The molecule has 4 nitrogen and oxygen atoms in total. The lowest BCUT2D eigenvalue weighted by atomic mass is 9.84. The molecule has 130 valence electrons. The summed E-state index contributed by atoms with van der Waals surface area (Å²) in [4.78, 5) is 4.80. The third-order valence-corrected chi connectivity index (χ3v) is 4.73. The third-order valence-electron chi connectivity index (χ3n) is 4.73. The first kappa shape index (κ1) is 18.2. The van der Waals surface area contributed by atoms with E-state index in [9.17, 15) is 5.11 Å². The molecule has 0 bridgehead atoms. The van der Waals surface area contributed by atoms with Gasteiger partial charge in [-0.2, -0.15) is 0 Å². The first-order valence-electron chi connectivity index (χ1n) is 8.58. The summed E-state index contributed by atoms with van der Waals surface area (Å²) in [6.07, 6.45) is 0.362. The molecule has 1 saturated heterocycles. The Hall–Kier alpha value is -1.10. The maximum Gasteiger partial charge on any atom is 0.122 e. The number of likely N-dealkylation sites (N-methyl/N-ethyl adjacent to an activating group) is 1. The van der Waals surface area contributed by atoms with Crippen LogP contribution in [-0.2, 0) is 5.41 Å². The fourth-order valence-electron chi connectivity index (χ4n) is 3.06. The third kappa shape index (κ3) is 4.93. The number of aliphatic hydroxyl groups excluding tert-OH is 1. The van der Waals surface area contributed by atoms with Crippen LogP contribution in [0.4, 0.5) is 0 Å². The topological polar surface area (TPSA) is 35.9 Å². The average Bonchev–Trinajstić information content (AvgIpc) is 2.52. The van der Waals surface area contributed by atoms with Crippen LogP contribution in [0, 0.1) is 0 Å². The van der Waals surface area contributed by atoms with E-state index in [4.69, 9.17) is 4.74 Å². The number of hydrogen-bond acceptors (Lipinski definition) is 4. The molecule has 2 rings (SSSR count). The summed E-state index contributed by atoms with van der Waals surface area (Å²) in [5.74, 6) is 0.896. The molecule has 0 spiro atoms. The molecular weight excluding hydrogens is 288 g/mol. The molecule has 1 fully saturated rings. The van der Waals surface area contributed by atoms with Gasteiger partial charge in [-0.1, -0.05) is 26.8 Å². The van der Waals surface area contributed by atoms with Crippen LogP contribution in [0.25, 0.3) is 0 Å². The molecule has 0 aromatic heterocycles. The van der Waals surface area contributed by atoms with E-state index in [1.807, 2.05) is 12.1 Å². The van der Waals surface area contributed by atoms with Crippen molar-refractivity contribution in [2.24, 2.45) is 0 Å². The van der Waals surface area contributed by atoms with Crippen LogP contribution in [0.5, 0.6) is 5.75 Å². The molecule has 1 aliphatic rings. The highest BCUT2D eigenvalue weighted by molar-refractivity contribution is 5.42. The van der Waals surface area contributed by atoms with E-state index in [-0.39, 0.29) is 5.41 Å². The van der Waals surface area contributed by atoms with Gasteiger partial charge >= 0.3 is 0 Å². The second kappa shape index (κ2) is 7.65. The number of aliphatic hydroxyl groups is 1. The summed E-state index contributed by atoms with van der Waals surface area (Å²) in [6, 6.07) is 6.07. The lowest BCUT2D eigenvalue weighted by molar-refractivity contribution is 0.112. The minimum Gasteiger partial charge on any atom is -0.496 e. The molecule has 0 saturated carbocycles. The molecule has 0 amide bonds. The Kier molecular flexibility index (Phi) is 6.06. The first-order valence-corrected chi connectivity index (χ1v) is 8.58. The summed E-state index contributed by atoms with van der Waals surface area (Å²) < 4.78 is 5.48. The fourth-order valence-corrected chi connectivity index (χ4v) is 3.06. The maximum atomic E-state index is 10.6. The fraction of sp³-hybridized carbons (Fsp3) is 0.684. The molecule has 0 radical (unpaired) electrons. The van der Waals surface area contributed by atoms with E-state index < -0.39 is 6.10 Å². The quantitative estimate of drug-likeness (QED) is 0.905. The molecule has 1 N–H and O–H groups in total. The number of rotatable bonds is 5. The van der Waals surface area contributed by atoms with Crippen molar-refractivity contribution in [3.8, 4) is 5.75 Å². The largest absolute Gasteiger partial charge is 0.496 e. The average molecular weight is 320 g/mol. The van der Waals surface area contributed by atoms with Crippen molar-refractivity contribution in [3.63, 3.8) is 0 Å². The van der Waals surface area contributed by atoms with Crippen LogP contribution in [0.2, 0.25) is 0 Å². The number of ether oxygens (including phenoxy) is 1. The van der Waals surface area contributed by atoms with E-state index in [1.54, 1.807) is 7.11 Å². The van der Waals surface area contributed by atoms with Gasteiger partial charge in [0, 0.05) is 32.7 Å². The van der Waals surface area contributed by atoms with Crippen LogP contribution in [0.3, 0.4) is 0 Å². The monoisotopic (exact) mass is 320 g/mol. The van der Waals surface area contributed by atoms with Crippen LogP contribution >= 0.6 is 0 Å². The zero-order valence-corrected chi connectivity index (χ0v) is 15.3. The van der Waals surface area contributed by atoms with Gasteiger partial charge in [-0.25, -0.2) is 0 Å². The summed E-state index contributed by atoms with van der Waals surface area (Å²) in [5, 5.41) is 10.6. The number of piperazine rings is 1. The molecule has 1 aromatic carbocycles. The highest BCUT2D eigenvalue weighted by atomic mass is 16.5. The van der Waals surface area contributed by atoms with Crippen LogP contribution < -0.4 is 4.74 Å². The normalized spacial score (nSPS) is 18.9. The second-order valence-corrected chi connectivity index (χ2v) is 7.66. The Morgan fingerprint density at radius 3 is 2.39 bits per heavy atom. The molecule has 1 aliphatic heterocycles. The lowest BCUT2D eigenvalue weighted by Gasteiger charge is -2.32. The Morgan fingerprint density at radius 1 is 1.17 bits per heavy atom. The lowest BCUT2D eigenvalue weighted by Crippen LogP contribution is -2.44. The van der Waals surface area contributed by atoms with E-state index in [2.05, 4.69) is 43.7 Å². The van der Waals surface area contributed by atoms with E-state index >= 15 is 0 Å². The zero-order chi connectivity index (χ0) is 17.0. The van der Waals surface area contributed by atoms with Gasteiger partial charge < -0.3 is 19.6 Å². The van der Waals surface area contributed by atoms with Gasteiger partial charge in [0.2, 0.25) is 0 Å². The zero-order valence-electron chi connectivity index (χ0n) is 15.3. The SMILES string of the molecule is COc1ccc(C(O)CCN2CCN(C)CC2)cc1C(C)(C)C. The molecule has 1 atom stereocenters. The van der Waals surface area contributed by atoms with Crippen molar-refractivity contribution in [1.29, 1.82) is 0 Å². The number of nitrogens with zero attached hydrogens (tertiary/aromatic N) is 2. The second-order valence-electron chi connectivity index (χ2n) is 7.66. The molecule has 1 unspecified atom stereocenters. The smallest absolute Gasteiger partial charge is 0.122 e. The summed E-state index contributed by atoms with van der Waals surface area (Å²) in [6.45, 7) is 11.9. The Bertz CT molecular complexity index is 503. The molecule has 1 aromatic rings. The van der Waals surface area contributed by atoms with E-state index in [0.29, 0.717) is 0 Å². The van der Waals surface area contributed by atoms with Crippen molar-refractivity contribution in [2.75, 3.05) is 46.9 Å². The number of methoxy groups -OCH3 is 1. The highest BCUT2D eigenvalue weighted by Gasteiger charge is 2.21. The van der Waals surface area contributed by atoms with Gasteiger partial charge in [-0.3, -0.25) is 0 Å². The Labute approximate surface area is 141 Å². The highest BCUT2D eigenvalue weighted by Crippen LogP contribution is 2.34.